The number of carbonyl (C=O) groups excluding carboxylic acids is 1. The summed E-state index contributed by atoms with van der Waals surface area (Å²) in [7, 11) is -3.43. The molecule has 0 unspecified atom stereocenters. The summed E-state index contributed by atoms with van der Waals surface area (Å²) in [5.41, 5.74) is 2.07. The number of phenolic OH excluding ortho intramolecular Hbond substituents is 1. The van der Waals surface area contributed by atoms with E-state index in [4.69, 9.17) is 4.74 Å². The summed E-state index contributed by atoms with van der Waals surface area (Å²) >= 11 is 0. The van der Waals surface area contributed by atoms with Gasteiger partial charge in [-0.2, -0.15) is 0 Å². The van der Waals surface area contributed by atoms with E-state index in [2.05, 4.69) is 5.32 Å². The lowest BCUT2D eigenvalue weighted by Gasteiger charge is -2.11. The molecule has 0 saturated heterocycles. The van der Waals surface area contributed by atoms with Crippen LogP contribution in [-0.4, -0.2) is 31.8 Å². The second-order valence-corrected chi connectivity index (χ2v) is 8.02. The average molecular weight is 363 g/mol. The van der Waals surface area contributed by atoms with E-state index in [0.717, 1.165) is 11.1 Å². The maximum absolute atomic E-state index is 12.0. The third kappa shape index (κ3) is 4.96. The average Bonchev–Trinajstić information content (AvgIpc) is 2.54. The highest BCUT2D eigenvalue weighted by Gasteiger charge is 2.15. The number of amides is 1. The highest BCUT2D eigenvalue weighted by atomic mass is 32.2. The van der Waals surface area contributed by atoms with E-state index >= 15 is 0 Å². The third-order valence-corrected chi connectivity index (χ3v) is 5.28. The molecular weight excluding hydrogens is 342 g/mol. The summed E-state index contributed by atoms with van der Waals surface area (Å²) in [5, 5.41) is 12.3. The molecule has 134 valence electrons. The molecule has 2 aromatic rings. The lowest BCUT2D eigenvalue weighted by Crippen LogP contribution is -2.20. The van der Waals surface area contributed by atoms with Gasteiger partial charge in [-0.1, -0.05) is 13.0 Å². The van der Waals surface area contributed by atoms with Gasteiger partial charge < -0.3 is 15.2 Å². The largest absolute Gasteiger partial charge is 0.506 e. The molecule has 0 aliphatic carbocycles. The summed E-state index contributed by atoms with van der Waals surface area (Å²) in [4.78, 5) is 12.1. The van der Waals surface area contributed by atoms with Crippen molar-refractivity contribution < 1.29 is 23.1 Å². The first-order valence-corrected chi connectivity index (χ1v) is 9.43. The Kier molecular flexibility index (Phi) is 5.69. The van der Waals surface area contributed by atoms with Gasteiger partial charge in [-0.3, -0.25) is 4.79 Å². The molecule has 0 fully saturated rings. The second-order valence-electron chi connectivity index (χ2n) is 5.74. The number of aromatic hydroxyl groups is 1. The molecule has 25 heavy (non-hydrogen) atoms. The molecule has 0 aromatic heterocycles. The molecule has 0 bridgehead atoms. The maximum Gasteiger partial charge on any atom is 0.262 e. The monoisotopic (exact) mass is 363 g/mol. The lowest BCUT2D eigenvalue weighted by molar-refractivity contribution is -0.118. The van der Waals surface area contributed by atoms with Gasteiger partial charge >= 0.3 is 0 Å². The number of aryl methyl sites for hydroxylation is 2. The number of phenols is 1. The van der Waals surface area contributed by atoms with Crippen LogP contribution in [0.1, 0.15) is 18.1 Å². The minimum absolute atomic E-state index is 0.0311. The number of sulfone groups is 1. The van der Waals surface area contributed by atoms with Crippen molar-refractivity contribution in [2.45, 2.75) is 25.7 Å². The van der Waals surface area contributed by atoms with Gasteiger partial charge in [0.1, 0.15) is 11.5 Å². The van der Waals surface area contributed by atoms with Crippen molar-refractivity contribution in [1.29, 1.82) is 0 Å². The van der Waals surface area contributed by atoms with Crippen molar-refractivity contribution in [3.8, 4) is 11.5 Å². The highest BCUT2D eigenvalue weighted by molar-refractivity contribution is 7.91. The molecule has 0 spiro atoms. The van der Waals surface area contributed by atoms with Gasteiger partial charge in [0.15, 0.2) is 16.4 Å². The maximum atomic E-state index is 12.0. The summed E-state index contributed by atoms with van der Waals surface area (Å²) in [6.45, 7) is 5.13. The van der Waals surface area contributed by atoms with Crippen molar-refractivity contribution in [3.63, 3.8) is 0 Å². The summed E-state index contributed by atoms with van der Waals surface area (Å²) < 4.78 is 29.3. The Morgan fingerprint density at radius 1 is 1.12 bits per heavy atom. The fourth-order valence-electron chi connectivity index (χ4n) is 2.33. The molecule has 2 rings (SSSR count). The summed E-state index contributed by atoms with van der Waals surface area (Å²) in [6.07, 6.45) is 0. The molecule has 7 heteroatoms. The predicted molar refractivity (Wildman–Crippen MR) is 95.9 cm³/mol. The van der Waals surface area contributed by atoms with E-state index in [-0.39, 0.29) is 28.7 Å². The Bertz CT molecular complexity index is 870. The van der Waals surface area contributed by atoms with Crippen LogP contribution in [0.4, 0.5) is 5.69 Å². The Morgan fingerprint density at radius 2 is 1.76 bits per heavy atom. The Labute approximate surface area is 147 Å². The summed E-state index contributed by atoms with van der Waals surface area (Å²) in [6, 6.07) is 9.39. The van der Waals surface area contributed by atoms with Crippen molar-refractivity contribution in [2.75, 3.05) is 17.7 Å². The van der Waals surface area contributed by atoms with Gasteiger partial charge in [-0.15, -0.1) is 0 Å². The fraction of sp³-hybridized carbons (Fsp3) is 0.278. The molecule has 0 atom stereocenters. The fourth-order valence-corrected chi connectivity index (χ4v) is 3.23. The van der Waals surface area contributed by atoms with Crippen LogP contribution >= 0.6 is 0 Å². The van der Waals surface area contributed by atoms with Crippen LogP contribution < -0.4 is 10.1 Å². The van der Waals surface area contributed by atoms with Crippen LogP contribution in [0, 0.1) is 13.8 Å². The number of benzene rings is 2. The van der Waals surface area contributed by atoms with E-state index in [1.165, 1.54) is 25.1 Å². The van der Waals surface area contributed by atoms with Crippen molar-refractivity contribution in [2.24, 2.45) is 0 Å². The topological polar surface area (TPSA) is 92.7 Å². The second kappa shape index (κ2) is 7.57. The number of hydrogen-bond acceptors (Lipinski definition) is 5. The van der Waals surface area contributed by atoms with E-state index < -0.39 is 15.7 Å². The van der Waals surface area contributed by atoms with Crippen LogP contribution in [0.2, 0.25) is 0 Å². The first-order valence-electron chi connectivity index (χ1n) is 7.78. The molecule has 0 aliphatic rings. The van der Waals surface area contributed by atoms with Crippen LogP contribution in [0.25, 0.3) is 0 Å². The number of anilines is 1. The van der Waals surface area contributed by atoms with E-state index in [0.29, 0.717) is 5.75 Å². The number of rotatable bonds is 6. The van der Waals surface area contributed by atoms with Gasteiger partial charge in [0.25, 0.3) is 5.91 Å². The van der Waals surface area contributed by atoms with Gasteiger partial charge in [0.2, 0.25) is 0 Å². The van der Waals surface area contributed by atoms with Gasteiger partial charge in [-0.05, 0) is 55.3 Å². The van der Waals surface area contributed by atoms with Crippen molar-refractivity contribution >= 4 is 21.4 Å². The zero-order valence-electron chi connectivity index (χ0n) is 14.4. The molecule has 0 radical (unpaired) electrons. The Hall–Kier alpha value is -2.54. The van der Waals surface area contributed by atoms with Crippen molar-refractivity contribution in [3.05, 3.63) is 47.5 Å². The predicted octanol–water partition coefficient (Wildman–Crippen LogP) is 2.82. The number of nitrogens with one attached hydrogen (secondary N) is 1. The minimum Gasteiger partial charge on any atom is -0.506 e. The molecular formula is C18H21NO5S. The summed E-state index contributed by atoms with van der Waals surface area (Å²) in [5.74, 6) is -0.212. The third-order valence-electron chi connectivity index (χ3n) is 3.55. The standard InChI is InChI=1S/C18H21NO5S/c1-4-25(22,23)15-5-6-17(20)16(10-15)19-18(21)11-24-14-8-12(2)7-13(3)9-14/h5-10,20H,4,11H2,1-3H3,(H,19,21). The molecule has 6 nitrogen and oxygen atoms in total. The highest BCUT2D eigenvalue weighted by Crippen LogP contribution is 2.27. The van der Waals surface area contributed by atoms with Gasteiger partial charge in [0, 0.05) is 0 Å². The quantitative estimate of drug-likeness (QED) is 0.770. The van der Waals surface area contributed by atoms with Crippen LogP contribution in [0.15, 0.2) is 41.3 Å². The van der Waals surface area contributed by atoms with Crippen LogP contribution in [-0.2, 0) is 14.6 Å². The van der Waals surface area contributed by atoms with Crippen LogP contribution in [0.3, 0.4) is 0 Å². The smallest absolute Gasteiger partial charge is 0.262 e. The molecule has 0 heterocycles. The molecule has 0 aliphatic heterocycles. The Balaban J connectivity index is 2.08. The normalized spacial score (nSPS) is 11.2. The number of hydrogen-bond donors (Lipinski definition) is 2. The minimum atomic E-state index is -3.43. The zero-order chi connectivity index (χ0) is 18.6. The first kappa shape index (κ1) is 18.8. The van der Waals surface area contributed by atoms with E-state index in [1.807, 2.05) is 32.0 Å². The SMILES string of the molecule is CCS(=O)(=O)c1ccc(O)c(NC(=O)COc2cc(C)cc(C)c2)c1. The molecule has 1 amide bonds. The first-order chi connectivity index (χ1) is 11.7. The zero-order valence-corrected chi connectivity index (χ0v) is 15.2. The Morgan fingerprint density at radius 3 is 2.36 bits per heavy atom. The molecule has 2 N–H and O–H groups in total. The van der Waals surface area contributed by atoms with Crippen LogP contribution in [0.5, 0.6) is 11.5 Å². The number of carbonyl (C=O) groups is 1. The number of ether oxygens (including phenoxy) is 1. The molecule has 2 aromatic carbocycles. The van der Waals surface area contributed by atoms with Gasteiger partial charge in [-0.25, -0.2) is 8.42 Å². The van der Waals surface area contributed by atoms with E-state index in [1.54, 1.807) is 0 Å². The lowest BCUT2D eigenvalue weighted by atomic mass is 10.1. The van der Waals surface area contributed by atoms with Gasteiger partial charge in [0.05, 0.1) is 16.3 Å². The van der Waals surface area contributed by atoms with Crippen molar-refractivity contribution in [1.82, 2.24) is 0 Å². The molecule has 0 saturated carbocycles. The van der Waals surface area contributed by atoms with E-state index in [9.17, 15) is 18.3 Å².